The van der Waals surface area contributed by atoms with E-state index in [-0.39, 0.29) is 26.1 Å². The van der Waals surface area contributed by atoms with Gasteiger partial charge in [-0.15, -0.1) is 0 Å². The summed E-state index contributed by atoms with van der Waals surface area (Å²) >= 11 is 0. The Bertz CT molecular complexity index is 678. The highest BCUT2D eigenvalue weighted by molar-refractivity contribution is 7.47. The lowest BCUT2D eigenvalue weighted by Gasteiger charge is -2.24. The summed E-state index contributed by atoms with van der Waals surface area (Å²) in [5.41, 5.74) is 0. The number of ether oxygens (including phenoxy) is 2. The Morgan fingerprint density at radius 1 is 0.811 bits per heavy atom. The molecule has 0 bridgehead atoms. The fourth-order valence-electron chi connectivity index (χ4n) is 3.25. The van der Waals surface area contributed by atoms with Gasteiger partial charge in [-0.3, -0.25) is 18.6 Å². The third-order valence-corrected chi connectivity index (χ3v) is 6.51. The highest BCUT2D eigenvalue weighted by Gasteiger charge is 2.27. The molecule has 0 spiro atoms. The van der Waals surface area contributed by atoms with Gasteiger partial charge in [-0.25, -0.2) is 4.57 Å². The Kier molecular flexibility index (Phi) is 20.9. The molecule has 0 aromatic carbocycles. The number of hydrogen-bond donors (Lipinski definition) is 1. The average molecular weight is 551 g/mol. The molecule has 0 amide bonds. The minimum Gasteiger partial charge on any atom is -0.462 e. The van der Waals surface area contributed by atoms with E-state index in [0.717, 1.165) is 57.8 Å². The highest BCUT2D eigenvalue weighted by Crippen LogP contribution is 2.43. The number of rotatable bonds is 24. The van der Waals surface area contributed by atoms with Crippen molar-refractivity contribution in [3.05, 3.63) is 12.2 Å². The van der Waals surface area contributed by atoms with Gasteiger partial charge in [0, 0.05) is 12.8 Å². The molecule has 10 heteroatoms. The second kappa shape index (κ2) is 21.7. The topological polar surface area (TPSA) is 108 Å². The smallest absolute Gasteiger partial charge is 0.462 e. The molecule has 0 rings (SSSR count). The van der Waals surface area contributed by atoms with Crippen LogP contribution < -0.4 is 0 Å². The van der Waals surface area contributed by atoms with E-state index in [1.54, 1.807) is 0 Å². The lowest BCUT2D eigenvalue weighted by Crippen LogP contribution is -2.37. The Hall–Kier alpha value is -1.25. The first-order chi connectivity index (χ1) is 17.5. The molecule has 1 N–H and O–H groups in total. The monoisotopic (exact) mass is 550 g/mol. The number of likely N-dealkylation sites (N-methyl/N-ethyl adjacent to an activating group) is 1. The van der Waals surface area contributed by atoms with Crippen LogP contribution in [0.1, 0.15) is 97.3 Å². The molecule has 0 aliphatic heterocycles. The SMILES string of the molecule is CCC/C=C/CCCCCCCC(=O)O[C@@H](COC(=O)CCCCC)COP(=O)(O)OCC[N+](C)(C)C. The van der Waals surface area contributed by atoms with E-state index in [1.807, 2.05) is 28.1 Å². The Morgan fingerprint density at radius 3 is 2.11 bits per heavy atom. The number of allylic oxidation sites excluding steroid dienone is 2. The largest absolute Gasteiger partial charge is 0.472 e. The summed E-state index contributed by atoms with van der Waals surface area (Å²) in [6.07, 6.45) is 14.9. The molecule has 0 aromatic rings. The Labute approximate surface area is 225 Å². The molecule has 1 unspecified atom stereocenters. The maximum absolute atomic E-state index is 12.4. The molecular formula is C27H53NO8P+. The third-order valence-electron chi connectivity index (χ3n) is 5.53. The van der Waals surface area contributed by atoms with Crippen molar-refractivity contribution in [1.29, 1.82) is 0 Å². The van der Waals surface area contributed by atoms with Crippen LogP contribution in [0, 0.1) is 0 Å². The zero-order valence-electron chi connectivity index (χ0n) is 24.0. The van der Waals surface area contributed by atoms with E-state index in [1.165, 1.54) is 6.42 Å². The molecule has 2 atom stereocenters. The van der Waals surface area contributed by atoms with Crippen LogP contribution in [0.2, 0.25) is 0 Å². The summed E-state index contributed by atoms with van der Waals surface area (Å²) in [6, 6.07) is 0. The number of hydrogen-bond acceptors (Lipinski definition) is 7. The maximum atomic E-state index is 12.4. The lowest BCUT2D eigenvalue weighted by atomic mass is 10.1. The van der Waals surface area contributed by atoms with Gasteiger partial charge < -0.3 is 18.9 Å². The summed E-state index contributed by atoms with van der Waals surface area (Å²) in [7, 11) is 1.46. The molecule has 218 valence electrons. The minimum atomic E-state index is -4.34. The van der Waals surface area contributed by atoms with Gasteiger partial charge in [0.05, 0.1) is 27.7 Å². The Morgan fingerprint density at radius 2 is 1.43 bits per heavy atom. The average Bonchev–Trinajstić information content (AvgIpc) is 2.81. The van der Waals surface area contributed by atoms with E-state index in [2.05, 4.69) is 19.1 Å². The molecular weight excluding hydrogens is 497 g/mol. The van der Waals surface area contributed by atoms with Gasteiger partial charge in [0.1, 0.15) is 19.8 Å². The van der Waals surface area contributed by atoms with Gasteiger partial charge in [0.25, 0.3) is 0 Å². The van der Waals surface area contributed by atoms with E-state index >= 15 is 0 Å². The Balaban J connectivity index is 4.52. The number of quaternary nitrogens is 1. The van der Waals surface area contributed by atoms with Crippen LogP contribution in [0.4, 0.5) is 0 Å². The predicted molar refractivity (Wildman–Crippen MR) is 146 cm³/mol. The van der Waals surface area contributed by atoms with Crippen LogP contribution >= 0.6 is 7.82 Å². The van der Waals surface area contributed by atoms with Gasteiger partial charge in [-0.2, -0.15) is 0 Å². The second-order valence-corrected chi connectivity index (χ2v) is 11.9. The van der Waals surface area contributed by atoms with Crippen molar-refractivity contribution in [2.24, 2.45) is 0 Å². The van der Waals surface area contributed by atoms with Crippen molar-refractivity contribution in [3.63, 3.8) is 0 Å². The van der Waals surface area contributed by atoms with Crippen molar-refractivity contribution < 1.29 is 42.1 Å². The zero-order valence-corrected chi connectivity index (χ0v) is 24.8. The molecule has 0 radical (unpaired) electrons. The predicted octanol–water partition coefficient (Wildman–Crippen LogP) is 5.95. The van der Waals surface area contributed by atoms with Gasteiger partial charge in [-0.1, -0.05) is 64.5 Å². The minimum absolute atomic E-state index is 0.0309. The highest BCUT2D eigenvalue weighted by atomic mass is 31.2. The maximum Gasteiger partial charge on any atom is 0.472 e. The fourth-order valence-corrected chi connectivity index (χ4v) is 3.99. The van der Waals surface area contributed by atoms with Crippen LogP contribution in [-0.2, 0) is 32.7 Å². The molecule has 0 saturated heterocycles. The normalized spacial score (nSPS) is 14.4. The van der Waals surface area contributed by atoms with Crippen molar-refractivity contribution in [1.82, 2.24) is 0 Å². The number of carbonyl (C=O) groups excluding carboxylic acids is 2. The zero-order chi connectivity index (χ0) is 28.0. The van der Waals surface area contributed by atoms with Gasteiger partial charge >= 0.3 is 19.8 Å². The van der Waals surface area contributed by atoms with E-state index in [0.29, 0.717) is 17.4 Å². The second-order valence-electron chi connectivity index (χ2n) is 10.4. The fraction of sp³-hybridized carbons (Fsp3) is 0.852. The van der Waals surface area contributed by atoms with Crippen LogP contribution in [-0.4, -0.2) is 74.9 Å². The quantitative estimate of drug-likeness (QED) is 0.0517. The molecule has 0 aromatic heterocycles. The standard InChI is InChI=1S/C27H52NO8P/c1-6-8-10-11-12-13-14-15-16-18-20-27(30)36-25(23-33-26(29)19-17-9-7-2)24-35-37(31,32)34-22-21-28(3,4)5/h10-11,25H,6-9,12-24H2,1-5H3/p+1/b11-10+/t25-/m0/s1. The summed E-state index contributed by atoms with van der Waals surface area (Å²) < 4.78 is 33.5. The summed E-state index contributed by atoms with van der Waals surface area (Å²) in [6.45, 7) is 4.11. The van der Waals surface area contributed by atoms with E-state index in [9.17, 15) is 19.0 Å². The first-order valence-corrected chi connectivity index (χ1v) is 15.4. The van der Waals surface area contributed by atoms with Crippen LogP contribution in [0.25, 0.3) is 0 Å². The van der Waals surface area contributed by atoms with E-state index < -0.39 is 32.5 Å². The molecule has 0 aliphatic carbocycles. The summed E-state index contributed by atoms with van der Waals surface area (Å²) in [4.78, 5) is 34.3. The van der Waals surface area contributed by atoms with Gasteiger partial charge in [0.15, 0.2) is 6.10 Å². The summed E-state index contributed by atoms with van der Waals surface area (Å²) in [5.74, 6) is -0.845. The van der Waals surface area contributed by atoms with Crippen molar-refractivity contribution >= 4 is 19.8 Å². The van der Waals surface area contributed by atoms with Gasteiger partial charge in [0.2, 0.25) is 0 Å². The third kappa shape index (κ3) is 24.8. The molecule has 0 saturated carbocycles. The number of phosphoric acid groups is 1. The molecule has 9 nitrogen and oxygen atoms in total. The number of unbranched alkanes of at least 4 members (excludes halogenated alkanes) is 8. The molecule has 0 fully saturated rings. The van der Waals surface area contributed by atoms with Crippen molar-refractivity contribution in [2.45, 2.75) is 103 Å². The number of nitrogens with zero attached hydrogens (tertiary/aromatic N) is 1. The van der Waals surface area contributed by atoms with Crippen molar-refractivity contribution in [2.75, 3.05) is 47.5 Å². The van der Waals surface area contributed by atoms with Crippen LogP contribution in [0.15, 0.2) is 12.2 Å². The van der Waals surface area contributed by atoms with Crippen LogP contribution in [0.3, 0.4) is 0 Å². The molecule has 0 aliphatic rings. The number of esters is 2. The first kappa shape index (κ1) is 35.8. The molecule has 37 heavy (non-hydrogen) atoms. The van der Waals surface area contributed by atoms with Crippen LogP contribution in [0.5, 0.6) is 0 Å². The first-order valence-electron chi connectivity index (χ1n) is 13.9. The molecule has 0 heterocycles. The number of carbonyl (C=O) groups is 2. The summed E-state index contributed by atoms with van der Waals surface area (Å²) in [5, 5.41) is 0. The number of phosphoric ester groups is 1. The van der Waals surface area contributed by atoms with Crippen molar-refractivity contribution in [3.8, 4) is 0 Å². The van der Waals surface area contributed by atoms with Gasteiger partial charge in [-0.05, 0) is 32.1 Å². The van der Waals surface area contributed by atoms with E-state index in [4.69, 9.17) is 18.5 Å². The lowest BCUT2D eigenvalue weighted by molar-refractivity contribution is -0.870.